The molecule has 0 aliphatic heterocycles. The third-order valence-electron chi connectivity index (χ3n) is 5.14. The monoisotopic (exact) mass is 415 g/mol. The molecule has 0 radical (unpaired) electrons. The van der Waals surface area contributed by atoms with Gasteiger partial charge in [0.05, 0.1) is 6.04 Å². The Balaban J connectivity index is 0.00000300. The fourth-order valence-electron chi connectivity index (χ4n) is 3.74. The lowest BCUT2D eigenvalue weighted by atomic mass is 9.87. The molecule has 5 nitrogen and oxygen atoms in total. The van der Waals surface area contributed by atoms with Crippen LogP contribution in [0.3, 0.4) is 0 Å². The molecule has 2 amide bonds. The number of fused-ring (bicyclic) bond motifs is 1. The van der Waals surface area contributed by atoms with E-state index in [1.54, 1.807) is 12.1 Å². The SMILES string of the molecule is Cc1cc(C(=O)NC2CCCc3cc(N)ccc32)ccc1NC(=O)CC(C)C.Cl. The molecule has 1 unspecified atom stereocenters. The fourth-order valence-corrected chi connectivity index (χ4v) is 3.74. The Bertz CT molecular complexity index is 896. The van der Waals surface area contributed by atoms with Gasteiger partial charge < -0.3 is 16.4 Å². The van der Waals surface area contributed by atoms with E-state index in [-0.39, 0.29) is 30.3 Å². The summed E-state index contributed by atoms with van der Waals surface area (Å²) < 4.78 is 0. The third-order valence-corrected chi connectivity index (χ3v) is 5.14. The van der Waals surface area contributed by atoms with E-state index in [0.717, 1.165) is 41.8 Å². The third kappa shape index (κ3) is 5.73. The van der Waals surface area contributed by atoms with E-state index in [2.05, 4.69) is 10.6 Å². The number of nitrogens with one attached hydrogen (secondary N) is 2. The summed E-state index contributed by atoms with van der Waals surface area (Å²) in [5.41, 5.74) is 11.3. The number of anilines is 2. The van der Waals surface area contributed by atoms with Crippen molar-refractivity contribution in [2.24, 2.45) is 5.92 Å². The van der Waals surface area contributed by atoms with E-state index >= 15 is 0 Å². The highest BCUT2D eigenvalue weighted by Gasteiger charge is 2.22. The molecule has 156 valence electrons. The zero-order chi connectivity index (χ0) is 20.3. The van der Waals surface area contributed by atoms with Gasteiger partial charge in [-0.05, 0) is 79.1 Å². The van der Waals surface area contributed by atoms with Crippen LogP contribution < -0.4 is 16.4 Å². The van der Waals surface area contributed by atoms with Crippen molar-refractivity contribution in [3.05, 3.63) is 58.7 Å². The summed E-state index contributed by atoms with van der Waals surface area (Å²) in [6, 6.07) is 11.3. The number of nitrogen functional groups attached to an aromatic ring is 1. The topological polar surface area (TPSA) is 84.2 Å². The van der Waals surface area contributed by atoms with Gasteiger partial charge in [-0.1, -0.05) is 19.9 Å². The first-order valence-electron chi connectivity index (χ1n) is 9.93. The first-order chi connectivity index (χ1) is 13.3. The predicted octanol–water partition coefficient (Wildman–Crippen LogP) is 4.79. The number of hydrogen-bond donors (Lipinski definition) is 3. The lowest BCUT2D eigenvalue weighted by Crippen LogP contribution is -2.31. The average molecular weight is 416 g/mol. The van der Waals surface area contributed by atoms with Crippen LogP contribution in [0.5, 0.6) is 0 Å². The second kappa shape index (κ2) is 9.79. The van der Waals surface area contributed by atoms with E-state index in [0.29, 0.717) is 17.9 Å². The maximum atomic E-state index is 12.8. The molecule has 1 aliphatic carbocycles. The van der Waals surface area contributed by atoms with Crippen molar-refractivity contribution in [3.8, 4) is 0 Å². The molecule has 0 fully saturated rings. The zero-order valence-electron chi connectivity index (χ0n) is 17.2. The summed E-state index contributed by atoms with van der Waals surface area (Å²) in [6.07, 6.45) is 3.43. The molecular formula is C23H30ClN3O2. The molecule has 0 spiro atoms. The normalized spacial score (nSPS) is 15.2. The van der Waals surface area contributed by atoms with Crippen LogP contribution in [0.15, 0.2) is 36.4 Å². The van der Waals surface area contributed by atoms with Crippen molar-refractivity contribution in [1.82, 2.24) is 5.32 Å². The van der Waals surface area contributed by atoms with Crippen LogP contribution in [0.1, 0.15) is 66.2 Å². The summed E-state index contributed by atoms with van der Waals surface area (Å²) >= 11 is 0. The van der Waals surface area contributed by atoms with Crippen molar-refractivity contribution in [2.45, 2.75) is 52.5 Å². The molecule has 0 saturated carbocycles. The van der Waals surface area contributed by atoms with Crippen LogP contribution >= 0.6 is 12.4 Å². The van der Waals surface area contributed by atoms with Gasteiger partial charge in [0.2, 0.25) is 5.91 Å². The van der Waals surface area contributed by atoms with E-state index in [4.69, 9.17) is 5.73 Å². The summed E-state index contributed by atoms with van der Waals surface area (Å²) in [4.78, 5) is 24.8. The van der Waals surface area contributed by atoms with Crippen molar-refractivity contribution in [1.29, 1.82) is 0 Å². The highest BCUT2D eigenvalue weighted by atomic mass is 35.5. The maximum absolute atomic E-state index is 12.8. The fraction of sp³-hybridized carbons (Fsp3) is 0.391. The Hall–Kier alpha value is -2.53. The van der Waals surface area contributed by atoms with Crippen LogP contribution in [0.4, 0.5) is 11.4 Å². The summed E-state index contributed by atoms with van der Waals surface area (Å²) in [5.74, 6) is 0.199. The molecule has 1 aliphatic rings. The Morgan fingerprint density at radius 1 is 1.17 bits per heavy atom. The minimum absolute atomic E-state index is 0. The highest BCUT2D eigenvalue weighted by molar-refractivity contribution is 5.96. The molecule has 4 N–H and O–H groups in total. The molecule has 2 aromatic rings. The van der Waals surface area contributed by atoms with E-state index in [1.807, 2.05) is 45.0 Å². The molecule has 0 bridgehead atoms. The number of aryl methyl sites for hydroxylation is 2. The number of halogens is 1. The number of amides is 2. The van der Waals surface area contributed by atoms with E-state index in [9.17, 15) is 9.59 Å². The molecule has 0 heterocycles. The minimum Gasteiger partial charge on any atom is -0.399 e. The Morgan fingerprint density at radius 2 is 1.93 bits per heavy atom. The Kier molecular flexibility index (Phi) is 7.68. The molecule has 0 aromatic heterocycles. The number of benzene rings is 2. The largest absolute Gasteiger partial charge is 0.399 e. The van der Waals surface area contributed by atoms with Gasteiger partial charge in [0.15, 0.2) is 0 Å². The molecule has 0 saturated heterocycles. The maximum Gasteiger partial charge on any atom is 0.251 e. The van der Waals surface area contributed by atoms with Gasteiger partial charge in [-0.3, -0.25) is 9.59 Å². The number of nitrogens with two attached hydrogens (primary N) is 1. The van der Waals surface area contributed by atoms with Crippen LogP contribution in [0.25, 0.3) is 0 Å². The van der Waals surface area contributed by atoms with E-state index < -0.39 is 0 Å². The molecule has 3 rings (SSSR count). The lowest BCUT2D eigenvalue weighted by molar-refractivity contribution is -0.116. The Morgan fingerprint density at radius 3 is 2.62 bits per heavy atom. The highest BCUT2D eigenvalue weighted by Crippen LogP contribution is 2.31. The molecule has 1 atom stereocenters. The van der Waals surface area contributed by atoms with Crippen molar-refractivity contribution in [3.63, 3.8) is 0 Å². The Labute approximate surface area is 178 Å². The molecular weight excluding hydrogens is 386 g/mol. The van der Waals surface area contributed by atoms with Crippen molar-refractivity contribution in [2.75, 3.05) is 11.1 Å². The van der Waals surface area contributed by atoms with Crippen LogP contribution in [0, 0.1) is 12.8 Å². The van der Waals surface area contributed by atoms with Gasteiger partial charge in [-0.15, -0.1) is 12.4 Å². The second-order valence-corrected chi connectivity index (χ2v) is 8.05. The van der Waals surface area contributed by atoms with Crippen molar-refractivity contribution >= 4 is 35.6 Å². The first kappa shape index (κ1) is 22.8. The minimum atomic E-state index is -0.0992. The number of carbonyl (C=O) groups excluding carboxylic acids is 2. The number of rotatable bonds is 5. The summed E-state index contributed by atoms with van der Waals surface area (Å²) in [5, 5.41) is 6.08. The predicted molar refractivity (Wildman–Crippen MR) is 121 cm³/mol. The van der Waals surface area contributed by atoms with Crippen LogP contribution in [-0.2, 0) is 11.2 Å². The van der Waals surface area contributed by atoms with Gasteiger partial charge in [-0.2, -0.15) is 0 Å². The number of carbonyl (C=O) groups is 2. The molecule has 2 aromatic carbocycles. The summed E-state index contributed by atoms with van der Waals surface area (Å²) in [6.45, 7) is 5.93. The lowest BCUT2D eigenvalue weighted by Gasteiger charge is -2.27. The van der Waals surface area contributed by atoms with Crippen molar-refractivity contribution < 1.29 is 9.59 Å². The standard InChI is InChI=1S/C23H29N3O2.ClH/c1-14(2)11-22(27)25-20-10-7-17(12-15(20)3)23(28)26-21-6-4-5-16-13-18(24)8-9-19(16)21;/h7-10,12-14,21H,4-6,11,24H2,1-3H3,(H,25,27)(H,26,28);1H. The smallest absolute Gasteiger partial charge is 0.251 e. The van der Waals surface area contributed by atoms with Crippen LogP contribution in [-0.4, -0.2) is 11.8 Å². The first-order valence-corrected chi connectivity index (χ1v) is 9.93. The molecule has 6 heteroatoms. The van der Waals surface area contributed by atoms with Gasteiger partial charge in [0.25, 0.3) is 5.91 Å². The van der Waals surface area contributed by atoms with Gasteiger partial charge >= 0.3 is 0 Å². The zero-order valence-corrected chi connectivity index (χ0v) is 18.1. The second-order valence-electron chi connectivity index (χ2n) is 8.05. The summed E-state index contributed by atoms with van der Waals surface area (Å²) in [7, 11) is 0. The quantitative estimate of drug-likeness (QED) is 0.613. The molecule has 29 heavy (non-hydrogen) atoms. The van der Waals surface area contributed by atoms with Crippen LogP contribution in [0.2, 0.25) is 0 Å². The van der Waals surface area contributed by atoms with Gasteiger partial charge in [-0.25, -0.2) is 0 Å². The van der Waals surface area contributed by atoms with Gasteiger partial charge in [0, 0.05) is 23.4 Å². The van der Waals surface area contributed by atoms with Gasteiger partial charge in [0.1, 0.15) is 0 Å². The average Bonchev–Trinajstić information content (AvgIpc) is 2.62. The number of hydrogen-bond acceptors (Lipinski definition) is 3. The van der Waals surface area contributed by atoms with E-state index in [1.165, 1.54) is 5.56 Å².